The second-order valence-corrected chi connectivity index (χ2v) is 4.33. The van der Waals surface area contributed by atoms with E-state index < -0.39 is 5.37 Å². The Labute approximate surface area is 94.4 Å². The molecule has 0 fully saturated rings. The molecular weight excluding hydrogens is 232 g/mol. The van der Waals surface area contributed by atoms with Crippen LogP contribution in [-0.4, -0.2) is 12.2 Å². The lowest BCUT2D eigenvalue weighted by Crippen LogP contribution is -1.86. The van der Waals surface area contributed by atoms with E-state index in [1.807, 2.05) is 30.3 Å². The van der Waals surface area contributed by atoms with Gasteiger partial charge in [0.25, 0.3) is 0 Å². The van der Waals surface area contributed by atoms with Crippen LogP contribution in [0, 0.1) is 0 Å². The summed E-state index contributed by atoms with van der Waals surface area (Å²) in [7, 11) is 2.12. The molecule has 1 aromatic carbocycles. The van der Waals surface area contributed by atoms with Crippen LogP contribution in [0.5, 0.6) is 0 Å². The van der Waals surface area contributed by atoms with Crippen molar-refractivity contribution in [2.75, 3.05) is 0 Å². The Morgan fingerprint density at radius 1 is 1.13 bits per heavy atom. The van der Waals surface area contributed by atoms with Crippen LogP contribution in [0.1, 0.15) is 10.9 Å². The molecule has 0 saturated carbocycles. The largest absolute Gasteiger partial charge is 0.248 e. The van der Waals surface area contributed by atoms with E-state index in [1.54, 1.807) is 0 Å². The SMILES string of the molecule is O=C=NSSC(N=C=O)c1ccccc1. The Kier molecular flexibility index (Phi) is 5.51. The molecule has 0 aromatic heterocycles. The number of aliphatic imine (C=N–C) groups is 1. The molecule has 0 aliphatic carbocycles. The zero-order valence-electron chi connectivity index (χ0n) is 7.49. The highest BCUT2D eigenvalue weighted by molar-refractivity contribution is 8.76. The molecule has 15 heavy (non-hydrogen) atoms. The summed E-state index contributed by atoms with van der Waals surface area (Å²) in [6, 6.07) is 9.23. The van der Waals surface area contributed by atoms with Gasteiger partial charge < -0.3 is 0 Å². The average Bonchev–Trinajstić information content (AvgIpc) is 2.29. The van der Waals surface area contributed by atoms with Gasteiger partial charge in [0, 0.05) is 0 Å². The summed E-state index contributed by atoms with van der Waals surface area (Å²) in [5.74, 6) is 0. The zero-order chi connectivity index (χ0) is 10.9. The minimum atomic E-state index is -0.397. The summed E-state index contributed by atoms with van der Waals surface area (Å²) < 4.78 is 3.30. The van der Waals surface area contributed by atoms with E-state index in [4.69, 9.17) is 0 Å². The van der Waals surface area contributed by atoms with E-state index >= 15 is 0 Å². The molecular formula is C9H6N2O2S2. The Hall–Kier alpha value is -1.32. The number of benzene rings is 1. The average molecular weight is 238 g/mol. The van der Waals surface area contributed by atoms with Gasteiger partial charge in [0.15, 0.2) is 0 Å². The molecule has 0 aliphatic heterocycles. The van der Waals surface area contributed by atoms with Crippen molar-refractivity contribution >= 4 is 33.9 Å². The van der Waals surface area contributed by atoms with Crippen LogP contribution in [0.4, 0.5) is 0 Å². The van der Waals surface area contributed by atoms with Crippen molar-refractivity contribution in [1.82, 2.24) is 0 Å². The standard InChI is InChI=1S/C9H6N2O2S2/c12-6-10-9(14-15-11-7-13)8-4-2-1-3-5-8/h1-5,9H. The molecule has 1 rings (SSSR count). The Morgan fingerprint density at radius 3 is 2.47 bits per heavy atom. The van der Waals surface area contributed by atoms with Gasteiger partial charge in [-0.05, 0) is 16.4 Å². The predicted molar refractivity (Wildman–Crippen MR) is 60.6 cm³/mol. The van der Waals surface area contributed by atoms with E-state index in [-0.39, 0.29) is 0 Å². The minimum Gasteiger partial charge on any atom is -0.211 e. The van der Waals surface area contributed by atoms with Gasteiger partial charge in [0.05, 0.1) is 11.0 Å². The molecule has 0 spiro atoms. The molecule has 1 aromatic rings. The van der Waals surface area contributed by atoms with Crippen LogP contribution in [-0.2, 0) is 9.59 Å². The number of rotatable bonds is 5. The molecule has 0 radical (unpaired) electrons. The van der Waals surface area contributed by atoms with Gasteiger partial charge in [-0.2, -0.15) is 4.99 Å². The molecule has 76 valence electrons. The van der Waals surface area contributed by atoms with Crippen LogP contribution < -0.4 is 0 Å². The topological polar surface area (TPSA) is 58.9 Å². The van der Waals surface area contributed by atoms with Crippen LogP contribution in [0.15, 0.2) is 39.7 Å². The van der Waals surface area contributed by atoms with Crippen molar-refractivity contribution in [3.63, 3.8) is 0 Å². The van der Waals surface area contributed by atoms with Gasteiger partial charge in [-0.25, -0.2) is 9.59 Å². The summed E-state index contributed by atoms with van der Waals surface area (Å²) in [4.78, 5) is 23.7. The van der Waals surface area contributed by atoms with Crippen molar-refractivity contribution < 1.29 is 9.59 Å². The van der Waals surface area contributed by atoms with Gasteiger partial charge in [-0.15, -0.1) is 4.40 Å². The van der Waals surface area contributed by atoms with Crippen LogP contribution in [0.2, 0.25) is 0 Å². The van der Waals surface area contributed by atoms with E-state index in [2.05, 4.69) is 9.39 Å². The summed E-state index contributed by atoms with van der Waals surface area (Å²) in [5, 5.41) is -0.397. The van der Waals surface area contributed by atoms with Gasteiger partial charge >= 0.3 is 0 Å². The minimum absolute atomic E-state index is 0.397. The molecule has 0 bridgehead atoms. The molecule has 0 saturated heterocycles. The van der Waals surface area contributed by atoms with Gasteiger partial charge in [-0.3, -0.25) is 0 Å². The van der Waals surface area contributed by atoms with E-state index in [0.29, 0.717) is 0 Å². The first kappa shape index (κ1) is 11.8. The number of isocyanates is 2. The summed E-state index contributed by atoms with van der Waals surface area (Å²) in [6.45, 7) is 0. The van der Waals surface area contributed by atoms with Gasteiger partial charge in [0.2, 0.25) is 12.2 Å². The Bertz CT molecular complexity index is 398. The maximum Gasteiger partial charge on any atom is 0.248 e. The third-order valence-corrected chi connectivity index (χ3v) is 3.29. The Morgan fingerprint density at radius 2 is 1.87 bits per heavy atom. The normalized spacial score (nSPS) is 10.9. The Balaban J connectivity index is 2.74. The first-order valence-corrected chi connectivity index (χ1v) is 6.07. The molecule has 6 heteroatoms. The summed E-state index contributed by atoms with van der Waals surface area (Å²) >= 11 is 0. The van der Waals surface area contributed by atoms with Crippen LogP contribution in [0.3, 0.4) is 0 Å². The molecule has 4 nitrogen and oxygen atoms in total. The molecule has 1 atom stereocenters. The summed E-state index contributed by atoms with van der Waals surface area (Å²) in [6.07, 6.45) is 2.89. The van der Waals surface area contributed by atoms with Gasteiger partial charge in [-0.1, -0.05) is 30.3 Å². The molecule has 0 N–H and O–H groups in total. The van der Waals surface area contributed by atoms with Crippen molar-refractivity contribution in [2.24, 2.45) is 9.39 Å². The molecule has 0 heterocycles. The highest BCUT2D eigenvalue weighted by Crippen LogP contribution is 2.38. The maximum absolute atomic E-state index is 10.2. The maximum atomic E-state index is 10.2. The number of carbonyl (C=O) groups excluding carboxylic acids is 2. The van der Waals surface area contributed by atoms with E-state index in [9.17, 15) is 9.59 Å². The zero-order valence-corrected chi connectivity index (χ0v) is 9.12. The van der Waals surface area contributed by atoms with Crippen LogP contribution in [0.25, 0.3) is 0 Å². The first-order valence-electron chi connectivity index (χ1n) is 3.90. The second-order valence-electron chi connectivity index (χ2n) is 2.34. The quantitative estimate of drug-likeness (QED) is 0.342. The number of hydrogen-bond donors (Lipinski definition) is 0. The first-order chi connectivity index (χ1) is 7.38. The summed E-state index contributed by atoms with van der Waals surface area (Å²) in [5.41, 5.74) is 0.861. The molecule has 1 unspecified atom stereocenters. The smallest absolute Gasteiger partial charge is 0.211 e. The third kappa shape index (κ3) is 4.14. The lowest BCUT2D eigenvalue weighted by Gasteiger charge is -2.06. The van der Waals surface area contributed by atoms with Crippen molar-refractivity contribution in [1.29, 1.82) is 0 Å². The number of hydrogen-bond acceptors (Lipinski definition) is 6. The van der Waals surface area contributed by atoms with Gasteiger partial charge in [0.1, 0.15) is 5.37 Å². The molecule has 0 amide bonds. The van der Waals surface area contributed by atoms with Crippen LogP contribution >= 0.6 is 21.8 Å². The highest BCUT2D eigenvalue weighted by Gasteiger charge is 2.10. The van der Waals surface area contributed by atoms with E-state index in [0.717, 1.165) is 16.5 Å². The fourth-order valence-electron chi connectivity index (χ4n) is 0.895. The fraction of sp³-hybridized carbons (Fsp3) is 0.111. The lowest BCUT2D eigenvalue weighted by molar-refractivity contribution is 0.562. The van der Waals surface area contributed by atoms with Crippen molar-refractivity contribution in [3.8, 4) is 0 Å². The number of nitrogens with zero attached hydrogens (tertiary/aromatic N) is 2. The fourth-order valence-corrected chi connectivity index (χ4v) is 2.33. The third-order valence-electron chi connectivity index (χ3n) is 1.46. The monoisotopic (exact) mass is 238 g/mol. The second kappa shape index (κ2) is 7.04. The van der Waals surface area contributed by atoms with Crippen molar-refractivity contribution in [2.45, 2.75) is 5.37 Å². The predicted octanol–water partition coefficient (Wildman–Crippen LogP) is 2.65. The lowest BCUT2D eigenvalue weighted by atomic mass is 10.2. The highest BCUT2D eigenvalue weighted by atomic mass is 33.1. The molecule has 0 aliphatic rings. The van der Waals surface area contributed by atoms with Crippen molar-refractivity contribution in [3.05, 3.63) is 35.9 Å². The van der Waals surface area contributed by atoms with E-state index in [1.165, 1.54) is 23.0 Å².